The third-order valence-electron chi connectivity index (χ3n) is 5.70. The van der Waals surface area contributed by atoms with Crippen LogP contribution in [0.4, 0.5) is 5.00 Å². The maximum Gasteiger partial charge on any atom is 0.310 e. The third kappa shape index (κ3) is 3.12. The fourth-order valence-corrected chi connectivity index (χ4v) is 5.23. The molecule has 3 fully saturated rings. The number of carboxylic acid groups (broad SMARTS) is 1. The number of nitrogens with one attached hydrogen (secondary N) is 2. The van der Waals surface area contributed by atoms with Crippen LogP contribution in [0.3, 0.4) is 0 Å². The van der Waals surface area contributed by atoms with E-state index in [1.807, 2.05) is 0 Å². The Morgan fingerprint density at radius 3 is 2.46 bits per heavy atom. The normalized spacial score (nSPS) is 30.5. The second kappa shape index (κ2) is 7.00. The van der Waals surface area contributed by atoms with Crippen molar-refractivity contribution in [2.75, 3.05) is 5.32 Å². The number of carbonyl (C=O) groups excluding carboxylic acids is 2. The van der Waals surface area contributed by atoms with Crippen LogP contribution >= 0.6 is 11.3 Å². The van der Waals surface area contributed by atoms with Gasteiger partial charge in [-0.15, -0.1) is 11.3 Å². The zero-order valence-corrected chi connectivity index (χ0v) is 15.1. The third-order valence-corrected chi connectivity index (χ3v) is 6.53. The van der Waals surface area contributed by atoms with Crippen molar-refractivity contribution in [2.24, 2.45) is 11.8 Å². The van der Waals surface area contributed by atoms with Gasteiger partial charge in [-0.2, -0.15) is 0 Å². The quantitative estimate of drug-likeness (QED) is 0.729. The molecule has 8 heteroatoms. The van der Waals surface area contributed by atoms with E-state index >= 15 is 0 Å². The summed E-state index contributed by atoms with van der Waals surface area (Å²) >= 11 is 1.27. The summed E-state index contributed by atoms with van der Waals surface area (Å²) in [4.78, 5) is 36.8. The van der Waals surface area contributed by atoms with E-state index in [2.05, 4.69) is 10.6 Å². The van der Waals surface area contributed by atoms with Crippen molar-refractivity contribution in [2.45, 2.75) is 56.8 Å². The summed E-state index contributed by atoms with van der Waals surface area (Å²) in [6, 6.07) is 1.89. The number of carbonyl (C=O) groups is 3. The average Bonchev–Trinajstić information content (AvgIpc) is 3.37. The Kier molecular flexibility index (Phi) is 4.71. The molecule has 1 saturated carbocycles. The van der Waals surface area contributed by atoms with Crippen molar-refractivity contribution in [3.8, 4) is 0 Å². The van der Waals surface area contributed by atoms with E-state index in [-0.39, 0.29) is 30.1 Å². The second-order valence-corrected chi connectivity index (χ2v) is 8.20. The Morgan fingerprint density at radius 2 is 1.77 bits per heavy atom. The molecule has 4 unspecified atom stereocenters. The van der Waals surface area contributed by atoms with Crippen molar-refractivity contribution >= 4 is 34.1 Å². The van der Waals surface area contributed by atoms with Crippen molar-refractivity contribution in [3.63, 3.8) is 0 Å². The predicted molar refractivity (Wildman–Crippen MR) is 95.2 cm³/mol. The molecule has 0 radical (unpaired) electrons. The lowest BCUT2D eigenvalue weighted by Crippen LogP contribution is -2.41. The molecule has 3 N–H and O–H groups in total. The number of aliphatic carboxylic acids is 1. The van der Waals surface area contributed by atoms with Gasteiger partial charge in [-0.25, -0.2) is 0 Å². The summed E-state index contributed by atoms with van der Waals surface area (Å²) in [5, 5.41) is 17.5. The number of amides is 2. The van der Waals surface area contributed by atoms with Gasteiger partial charge in [-0.05, 0) is 37.1 Å². The van der Waals surface area contributed by atoms with Crippen molar-refractivity contribution in [3.05, 3.63) is 17.0 Å². The Labute approximate surface area is 155 Å². The molecule has 1 aromatic heterocycles. The Morgan fingerprint density at radius 1 is 1.08 bits per heavy atom. The van der Waals surface area contributed by atoms with Crippen LogP contribution in [-0.4, -0.2) is 41.1 Å². The van der Waals surface area contributed by atoms with E-state index in [1.54, 1.807) is 11.4 Å². The standard InChI is InChI=1S/C18H22N2O5S/c21-15(19-9-3-1-2-4-9)10-7-8-26-17(10)20-16(22)13-11-5-6-12(25-11)14(13)18(23)24/h7-9,11-14H,1-6H2,(H,19,21)(H,20,22)(H,23,24). The number of anilines is 1. The van der Waals surface area contributed by atoms with Gasteiger partial charge in [0.2, 0.25) is 5.91 Å². The summed E-state index contributed by atoms with van der Waals surface area (Å²) in [7, 11) is 0. The topological polar surface area (TPSA) is 105 Å². The van der Waals surface area contributed by atoms with Crippen LogP contribution in [0.1, 0.15) is 48.9 Å². The van der Waals surface area contributed by atoms with E-state index in [9.17, 15) is 19.5 Å². The molecule has 26 heavy (non-hydrogen) atoms. The van der Waals surface area contributed by atoms with Gasteiger partial charge >= 0.3 is 5.97 Å². The number of fused-ring (bicyclic) bond motifs is 2. The van der Waals surface area contributed by atoms with Crippen LogP contribution in [0.2, 0.25) is 0 Å². The maximum absolute atomic E-state index is 12.8. The lowest BCUT2D eigenvalue weighted by Gasteiger charge is -2.23. The number of carboxylic acids is 1. The summed E-state index contributed by atoms with van der Waals surface area (Å²) < 4.78 is 5.65. The summed E-state index contributed by atoms with van der Waals surface area (Å²) in [6.07, 6.45) is 4.86. The highest BCUT2D eigenvalue weighted by molar-refractivity contribution is 7.14. The van der Waals surface area contributed by atoms with Crippen LogP contribution in [0.5, 0.6) is 0 Å². The number of ether oxygens (including phenoxy) is 1. The van der Waals surface area contributed by atoms with Crippen LogP contribution < -0.4 is 10.6 Å². The monoisotopic (exact) mass is 378 g/mol. The number of thiophene rings is 1. The van der Waals surface area contributed by atoms with Crippen molar-refractivity contribution in [1.29, 1.82) is 0 Å². The molecular weight excluding hydrogens is 356 g/mol. The number of hydrogen-bond acceptors (Lipinski definition) is 5. The van der Waals surface area contributed by atoms with Crippen molar-refractivity contribution < 1.29 is 24.2 Å². The highest BCUT2D eigenvalue weighted by atomic mass is 32.1. The molecule has 3 aliphatic rings. The predicted octanol–water partition coefficient (Wildman–Crippen LogP) is 2.24. The van der Waals surface area contributed by atoms with E-state index in [0.29, 0.717) is 23.4 Å². The summed E-state index contributed by atoms with van der Waals surface area (Å²) in [6.45, 7) is 0. The van der Waals surface area contributed by atoms with Crippen LogP contribution in [0.25, 0.3) is 0 Å². The van der Waals surface area contributed by atoms with Gasteiger partial charge in [0.05, 0.1) is 29.6 Å². The highest BCUT2D eigenvalue weighted by Crippen LogP contribution is 2.44. The molecule has 140 valence electrons. The van der Waals surface area contributed by atoms with Gasteiger partial charge in [0.1, 0.15) is 5.00 Å². The summed E-state index contributed by atoms with van der Waals surface area (Å²) in [5.41, 5.74) is 0.436. The van der Waals surface area contributed by atoms with Gasteiger partial charge in [0.25, 0.3) is 5.91 Å². The molecule has 4 atom stereocenters. The number of hydrogen-bond donors (Lipinski definition) is 3. The molecule has 0 spiro atoms. The Balaban J connectivity index is 1.46. The van der Waals surface area contributed by atoms with Crippen molar-refractivity contribution in [1.82, 2.24) is 5.32 Å². The molecule has 7 nitrogen and oxygen atoms in total. The SMILES string of the molecule is O=C(NC1CCCC1)c1ccsc1NC(=O)C1C2CCC(O2)C1C(=O)O. The van der Waals surface area contributed by atoms with Gasteiger partial charge in [0, 0.05) is 6.04 Å². The molecule has 3 heterocycles. The Bertz CT molecular complexity index is 727. The van der Waals surface area contributed by atoms with E-state index in [0.717, 1.165) is 25.7 Å². The second-order valence-electron chi connectivity index (χ2n) is 7.29. The van der Waals surface area contributed by atoms with Gasteiger partial charge < -0.3 is 20.5 Å². The van der Waals surface area contributed by atoms with Gasteiger partial charge in [-0.3, -0.25) is 14.4 Å². The van der Waals surface area contributed by atoms with Gasteiger partial charge in [0.15, 0.2) is 0 Å². The van der Waals surface area contributed by atoms with Crippen LogP contribution in [0, 0.1) is 11.8 Å². The smallest absolute Gasteiger partial charge is 0.310 e. The first-order valence-electron chi connectivity index (χ1n) is 9.12. The first-order chi connectivity index (χ1) is 12.5. The van der Waals surface area contributed by atoms with Crippen LogP contribution in [-0.2, 0) is 14.3 Å². The highest BCUT2D eigenvalue weighted by Gasteiger charge is 2.55. The fourth-order valence-electron chi connectivity index (χ4n) is 4.44. The lowest BCUT2D eigenvalue weighted by molar-refractivity contribution is -0.147. The van der Waals surface area contributed by atoms with Gasteiger partial charge in [-0.1, -0.05) is 12.8 Å². The average molecular weight is 378 g/mol. The molecule has 1 aliphatic carbocycles. The molecule has 2 amide bonds. The minimum absolute atomic E-state index is 0.188. The van der Waals surface area contributed by atoms with E-state index in [4.69, 9.17) is 4.74 Å². The zero-order chi connectivity index (χ0) is 18.3. The van der Waals surface area contributed by atoms with E-state index < -0.39 is 17.8 Å². The molecule has 1 aromatic rings. The first-order valence-corrected chi connectivity index (χ1v) is 10.00. The fraction of sp³-hybridized carbons (Fsp3) is 0.611. The molecule has 0 aromatic carbocycles. The molecule has 2 aliphatic heterocycles. The minimum Gasteiger partial charge on any atom is -0.481 e. The largest absolute Gasteiger partial charge is 0.481 e. The number of rotatable bonds is 5. The van der Waals surface area contributed by atoms with Crippen LogP contribution in [0.15, 0.2) is 11.4 Å². The van der Waals surface area contributed by atoms with E-state index in [1.165, 1.54) is 11.3 Å². The summed E-state index contributed by atoms with van der Waals surface area (Å²) in [5.74, 6) is -3.08. The lowest BCUT2D eigenvalue weighted by atomic mass is 9.79. The minimum atomic E-state index is -0.997. The molecule has 4 rings (SSSR count). The maximum atomic E-state index is 12.8. The molecular formula is C18H22N2O5S. The molecule has 2 saturated heterocycles. The Hall–Kier alpha value is -1.93. The molecule has 2 bridgehead atoms. The first kappa shape index (κ1) is 17.5. The zero-order valence-electron chi connectivity index (χ0n) is 14.3.